The fraction of sp³-hybridized carbons (Fsp3) is 0.571. The molecule has 0 spiro atoms. The van der Waals surface area contributed by atoms with E-state index in [2.05, 4.69) is 52.9 Å². The molecule has 0 saturated carbocycles. The van der Waals surface area contributed by atoms with Crippen LogP contribution in [0.4, 0.5) is 5.69 Å². The summed E-state index contributed by atoms with van der Waals surface area (Å²) in [5, 5.41) is 0. The van der Waals surface area contributed by atoms with Crippen LogP contribution in [0.2, 0.25) is 0 Å². The molecular formula is C14H23BrN2. The van der Waals surface area contributed by atoms with E-state index in [4.69, 9.17) is 5.73 Å². The lowest BCUT2D eigenvalue weighted by Crippen LogP contribution is -2.25. The lowest BCUT2D eigenvalue weighted by atomic mass is 10.1. The summed E-state index contributed by atoms with van der Waals surface area (Å²) in [7, 11) is 0. The highest BCUT2D eigenvalue weighted by Gasteiger charge is 2.10. The van der Waals surface area contributed by atoms with Gasteiger partial charge in [-0.25, -0.2) is 0 Å². The van der Waals surface area contributed by atoms with Gasteiger partial charge >= 0.3 is 0 Å². The van der Waals surface area contributed by atoms with Gasteiger partial charge in [0.2, 0.25) is 0 Å². The first-order chi connectivity index (χ1) is 8.10. The van der Waals surface area contributed by atoms with Gasteiger partial charge in [-0.1, -0.05) is 19.9 Å². The first-order valence-electron chi connectivity index (χ1n) is 6.40. The lowest BCUT2D eigenvalue weighted by Gasteiger charge is -2.25. The van der Waals surface area contributed by atoms with Crippen molar-refractivity contribution >= 4 is 21.6 Å². The SMILES string of the molecule is CCCN(CCC)c1ccc([C@H](C)N)cc1Br. The van der Waals surface area contributed by atoms with Gasteiger partial charge in [-0.3, -0.25) is 0 Å². The van der Waals surface area contributed by atoms with Gasteiger partial charge in [-0.2, -0.15) is 0 Å². The second kappa shape index (κ2) is 7.02. The molecule has 0 aliphatic carbocycles. The zero-order valence-corrected chi connectivity index (χ0v) is 12.6. The molecular weight excluding hydrogens is 276 g/mol. The van der Waals surface area contributed by atoms with E-state index < -0.39 is 0 Å². The van der Waals surface area contributed by atoms with Gasteiger partial charge in [-0.05, 0) is 53.4 Å². The Labute approximate surface area is 113 Å². The molecule has 0 aliphatic heterocycles. The maximum Gasteiger partial charge on any atom is 0.0510 e. The minimum atomic E-state index is 0.0890. The molecule has 1 atom stereocenters. The van der Waals surface area contributed by atoms with Crippen molar-refractivity contribution in [2.75, 3.05) is 18.0 Å². The first kappa shape index (κ1) is 14.5. The second-order valence-corrected chi connectivity index (χ2v) is 5.34. The average Bonchev–Trinajstić information content (AvgIpc) is 2.28. The van der Waals surface area contributed by atoms with Gasteiger partial charge in [0.05, 0.1) is 5.69 Å². The molecule has 0 unspecified atom stereocenters. The molecule has 0 aromatic heterocycles. The van der Waals surface area contributed by atoms with Crippen LogP contribution in [0.15, 0.2) is 22.7 Å². The smallest absolute Gasteiger partial charge is 0.0510 e. The highest BCUT2D eigenvalue weighted by atomic mass is 79.9. The molecule has 0 heterocycles. The summed E-state index contributed by atoms with van der Waals surface area (Å²) in [6.07, 6.45) is 2.34. The molecule has 17 heavy (non-hydrogen) atoms. The van der Waals surface area contributed by atoms with Crippen molar-refractivity contribution in [3.8, 4) is 0 Å². The molecule has 0 fully saturated rings. The topological polar surface area (TPSA) is 29.3 Å². The summed E-state index contributed by atoms with van der Waals surface area (Å²) in [5.74, 6) is 0. The predicted molar refractivity (Wildman–Crippen MR) is 79.5 cm³/mol. The van der Waals surface area contributed by atoms with Crippen LogP contribution in [-0.4, -0.2) is 13.1 Å². The molecule has 3 heteroatoms. The number of hydrogen-bond acceptors (Lipinski definition) is 2. The zero-order chi connectivity index (χ0) is 12.8. The average molecular weight is 299 g/mol. The monoisotopic (exact) mass is 298 g/mol. The van der Waals surface area contributed by atoms with Crippen LogP contribution in [0.3, 0.4) is 0 Å². The molecule has 0 radical (unpaired) electrons. The Morgan fingerprint density at radius 2 is 1.82 bits per heavy atom. The lowest BCUT2D eigenvalue weighted by molar-refractivity contribution is 0.742. The predicted octanol–water partition coefficient (Wildman–Crippen LogP) is 4.10. The Bertz CT molecular complexity index is 344. The summed E-state index contributed by atoms with van der Waals surface area (Å²) in [4.78, 5) is 2.43. The second-order valence-electron chi connectivity index (χ2n) is 4.49. The van der Waals surface area contributed by atoms with Crippen molar-refractivity contribution in [2.45, 2.75) is 39.7 Å². The third-order valence-electron chi connectivity index (χ3n) is 2.83. The maximum atomic E-state index is 5.89. The quantitative estimate of drug-likeness (QED) is 0.857. The molecule has 96 valence electrons. The highest BCUT2D eigenvalue weighted by molar-refractivity contribution is 9.10. The van der Waals surface area contributed by atoms with Crippen molar-refractivity contribution in [1.82, 2.24) is 0 Å². The van der Waals surface area contributed by atoms with Crippen LogP contribution < -0.4 is 10.6 Å². The molecule has 1 aromatic rings. The summed E-state index contributed by atoms with van der Waals surface area (Å²) in [6, 6.07) is 6.53. The van der Waals surface area contributed by atoms with Crippen LogP contribution in [-0.2, 0) is 0 Å². The number of benzene rings is 1. The minimum Gasteiger partial charge on any atom is -0.371 e. The summed E-state index contributed by atoms with van der Waals surface area (Å²) < 4.78 is 1.15. The van der Waals surface area contributed by atoms with Crippen molar-refractivity contribution in [2.24, 2.45) is 5.73 Å². The molecule has 0 bridgehead atoms. The van der Waals surface area contributed by atoms with E-state index in [1.54, 1.807) is 0 Å². The number of nitrogens with zero attached hydrogens (tertiary/aromatic N) is 1. The molecule has 0 amide bonds. The van der Waals surface area contributed by atoms with Gasteiger partial charge in [0.25, 0.3) is 0 Å². The fourth-order valence-electron chi connectivity index (χ4n) is 1.96. The van der Waals surface area contributed by atoms with Crippen LogP contribution in [0.5, 0.6) is 0 Å². The van der Waals surface area contributed by atoms with Crippen LogP contribution in [0, 0.1) is 0 Å². The van der Waals surface area contributed by atoms with Gasteiger partial charge in [0, 0.05) is 23.6 Å². The Kier molecular flexibility index (Phi) is 6.00. The van der Waals surface area contributed by atoms with Gasteiger partial charge in [-0.15, -0.1) is 0 Å². The number of rotatable bonds is 6. The van der Waals surface area contributed by atoms with Crippen LogP contribution in [0.25, 0.3) is 0 Å². The maximum absolute atomic E-state index is 5.89. The van der Waals surface area contributed by atoms with E-state index in [0.29, 0.717) is 0 Å². The number of anilines is 1. The van der Waals surface area contributed by atoms with Crippen molar-refractivity contribution in [3.05, 3.63) is 28.2 Å². The van der Waals surface area contributed by atoms with E-state index in [1.165, 1.54) is 24.1 Å². The van der Waals surface area contributed by atoms with Crippen molar-refractivity contribution < 1.29 is 0 Å². The van der Waals surface area contributed by atoms with Gasteiger partial charge < -0.3 is 10.6 Å². The van der Waals surface area contributed by atoms with E-state index in [-0.39, 0.29) is 6.04 Å². The summed E-state index contributed by atoms with van der Waals surface area (Å²) >= 11 is 3.66. The molecule has 2 nitrogen and oxygen atoms in total. The van der Waals surface area contributed by atoms with E-state index in [9.17, 15) is 0 Å². The molecule has 1 aromatic carbocycles. The Morgan fingerprint density at radius 3 is 2.24 bits per heavy atom. The fourth-order valence-corrected chi connectivity index (χ4v) is 2.60. The molecule has 0 saturated heterocycles. The third kappa shape index (κ3) is 4.00. The summed E-state index contributed by atoms with van der Waals surface area (Å²) in [6.45, 7) is 8.64. The Balaban J connectivity index is 2.95. The first-order valence-corrected chi connectivity index (χ1v) is 7.19. The molecule has 2 N–H and O–H groups in total. The number of hydrogen-bond donors (Lipinski definition) is 1. The number of halogens is 1. The van der Waals surface area contributed by atoms with E-state index in [0.717, 1.165) is 17.6 Å². The van der Waals surface area contributed by atoms with E-state index >= 15 is 0 Å². The van der Waals surface area contributed by atoms with Crippen molar-refractivity contribution in [3.63, 3.8) is 0 Å². The van der Waals surface area contributed by atoms with Crippen molar-refractivity contribution in [1.29, 1.82) is 0 Å². The van der Waals surface area contributed by atoms with Crippen LogP contribution >= 0.6 is 15.9 Å². The minimum absolute atomic E-state index is 0.0890. The largest absolute Gasteiger partial charge is 0.371 e. The zero-order valence-electron chi connectivity index (χ0n) is 11.0. The Morgan fingerprint density at radius 1 is 1.24 bits per heavy atom. The van der Waals surface area contributed by atoms with Gasteiger partial charge in [0.1, 0.15) is 0 Å². The van der Waals surface area contributed by atoms with Crippen LogP contribution in [0.1, 0.15) is 45.2 Å². The van der Waals surface area contributed by atoms with Gasteiger partial charge in [0.15, 0.2) is 0 Å². The Hall–Kier alpha value is -0.540. The standard InChI is InChI=1S/C14H23BrN2/c1-4-8-17(9-5-2)14-7-6-12(11(3)16)10-13(14)15/h6-7,10-11H,4-5,8-9,16H2,1-3H3/t11-/m0/s1. The molecule has 0 aliphatic rings. The normalized spacial score (nSPS) is 12.5. The summed E-state index contributed by atoms with van der Waals surface area (Å²) in [5.41, 5.74) is 8.34. The van der Waals surface area contributed by atoms with E-state index in [1.807, 2.05) is 6.92 Å². The number of nitrogens with two attached hydrogens (primary N) is 1. The third-order valence-corrected chi connectivity index (χ3v) is 3.46. The highest BCUT2D eigenvalue weighted by Crippen LogP contribution is 2.29. The molecule has 1 rings (SSSR count).